The number of rotatable bonds is 3. The molecule has 3 rings (SSSR count). The van der Waals surface area contributed by atoms with Gasteiger partial charge in [0.2, 0.25) is 0 Å². The predicted octanol–water partition coefficient (Wildman–Crippen LogP) is 3.34. The van der Waals surface area contributed by atoms with Crippen LogP contribution >= 0.6 is 0 Å². The summed E-state index contributed by atoms with van der Waals surface area (Å²) in [7, 11) is 0. The molecule has 2 aliphatic carbocycles. The Morgan fingerprint density at radius 1 is 1.20 bits per heavy atom. The average molecular weight is 277 g/mol. The lowest BCUT2D eigenvalue weighted by Gasteiger charge is -2.31. The van der Waals surface area contributed by atoms with E-state index in [1.54, 1.807) is 12.1 Å². The summed E-state index contributed by atoms with van der Waals surface area (Å²) in [5.41, 5.74) is 2.44. The molecule has 1 aromatic carbocycles. The Bertz CT molecular complexity index is 462. The molecule has 0 heterocycles. The monoisotopic (exact) mass is 277 g/mol. The zero-order chi connectivity index (χ0) is 13.9. The van der Waals surface area contributed by atoms with Crippen molar-refractivity contribution in [1.29, 1.82) is 0 Å². The van der Waals surface area contributed by atoms with Crippen molar-refractivity contribution in [3.63, 3.8) is 0 Å². The van der Waals surface area contributed by atoms with Crippen molar-refractivity contribution in [2.45, 2.75) is 57.1 Å². The van der Waals surface area contributed by atoms with Crippen molar-refractivity contribution in [1.82, 2.24) is 5.32 Å². The summed E-state index contributed by atoms with van der Waals surface area (Å²) in [4.78, 5) is 0. The minimum Gasteiger partial charge on any atom is -0.393 e. The van der Waals surface area contributed by atoms with Gasteiger partial charge in [-0.1, -0.05) is 12.5 Å². The van der Waals surface area contributed by atoms with Crippen LogP contribution in [0.1, 0.15) is 55.7 Å². The highest BCUT2D eigenvalue weighted by molar-refractivity contribution is 5.32. The third kappa shape index (κ3) is 3.21. The van der Waals surface area contributed by atoms with Crippen molar-refractivity contribution in [3.8, 4) is 0 Å². The zero-order valence-electron chi connectivity index (χ0n) is 11.9. The van der Waals surface area contributed by atoms with Crippen LogP contribution in [0.25, 0.3) is 0 Å². The highest BCUT2D eigenvalue weighted by Crippen LogP contribution is 2.31. The van der Waals surface area contributed by atoms with Gasteiger partial charge in [0.25, 0.3) is 0 Å². The van der Waals surface area contributed by atoms with Crippen molar-refractivity contribution >= 4 is 0 Å². The number of nitrogens with one attached hydrogen (secondary N) is 1. The lowest BCUT2D eigenvalue weighted by Crippen LogP contribution is -2.33. The topological polar surface area (TPSA) is 32.3 Å². The van der Waals surface area contributed by atoms with E-state index in [2.05, 4.69) is 5.32 Å². The lowest BCUT2D eigenvalue weighted by molar-refractivity contribution is 0.0993. The van der Waals surface area contributed by atoms with Crippen LogP contribution < -0.4 is 5.32 Å². The normalized spacial score (nSPS) is 30.0. The fourth-order valence-corrected chi connectivity index (χ4v) is 3.74. The quantitative estimate of drug-likeness (QED) is 0.888. The van der Waals surface area contributed by atoms with Gasteiger partial charge in [-0.05, 0) is 74.2 Å². The largest absolute Gasteiger partial charge is 0.393 e. The Kier molecular flexibility index (Phi) is 4.37. The lowest BCUT2D eigenvalue weighted by atomic mass is 9.85. The van der Waals surface area contributed by atoms with Gasteiger partial charge in [-0.15, -0.1) is 0 Å². The summed E-state index contributed by atoms with van der Waals surface area (Å²) >= 11 is 0. The third-order valence-electron chi connectivity index (χ3n) is 4.83. The van der Waals surface area contributed by atoms with Gasteiger partial charge in [0.1, 0.15) is 5.82 Å². The maximum absolute atomic E-state index is 13.5. The molecule has 110 valence electrons. The standard InChI is InChI=1S/C17H24FNO/c18-14-8-7-13-4-2-6-17(16(13)10-14)19-11-12-3-1-5-15(20)9-12/h7-8,10,12,15,17,19-20H,1-6,9,11H2. The second-order valence-corrected chi connectivity index (χ2v) is 6.38. The fraction of sp³-hybridized carbons (Fsp3) is 0.647. The van der Waals surface area contributed by atoms with Gasteiger partial charge in [-0.2, -0.15) is 0 Å². The van der Waals surface area contributed by atoms with Gasteiger partial charge < -0.3 is 10.4 Å². The van der Waals surface area contributed by atoms with Gasteiger partial charge in [0.15, 0.2) is 0 Å². The number of aliphatic hydroxyl groups excluding tert-OH is 1. The van der Waals surface area contributed by atoms with Crippen LogP contribution in [-0.4, -0.2) is 17.8 Å². The van der Waals surface area contributed by atoms with Crippen molar-refractivity contribution < 1.29 is 9.50 Å². The van der Waals surface area contributed by atoms with Crippen LogP contribution in [0.5, 0.6) is 0 Å². The van der Waals surface area contributed by atoms with Gasteiger partial charge >= 0.3 is 0 Å². The summed E-state index contributed by atoms with van der Waals surface area (Å²) in [5.74, 6) is 0.434. The molecule has 3 heteroatoms. The Morgan fingerprint density at radius 3 is 2.95 bits per heavy atom. The molecule has 0 radical (unpaired) electrons. The first-order valence-electron chi connectivity index (χ1n) is 7.92. The van der Waals surface area contributed by atoms with E-state index in [1.807, 2.05) is 6.07 Å². The van der Waals surface area contributed by atoms with E-state index in [0.717, 1.165) is 44.2 Å². The number of hydrogen-bond donors (Lipinski definition) is 2. The molecule has 1 aromatic rings. The minimum absolute atomic E-state index is 0.119. The molecule has 0 saturated heterocycles. The molecule has 3 atom stereocenters. The average Bonchev–Trinajstić information content (AvgIpc) is 2.45. The van der Waals surface area contributed by atoms with Gasteiger partial charge in [-0.3, -0.25) is 0 Å². The van der Waals surface area contributed by atoms with Crippen LogP contribution in [0.4, 0.5) is 4.39 Å². The van der Waals surface area contributed by atoms with Crippen molar-refractivity contribution in [2.24, 2.45) is 5.92 Å². The van der Waals surface area contributed by atoms with Gasteiger partial charge in [0.05, 0.1) is 6.10 Å². The number of hydrogen-bond acceptors (Lipinski definition) is 2. The Hall–Kier alpha value is -0.930. The summed E-state index contributed by atoms with van der Waals surface area (Å²) < 4.78 is 13.5. The number of halogens is 1. The molecule has 2 N–H and O–H groups in total. The molecule has 0 aliphatic heterocycles. The molecule has 3 unspecified atom stereocenters. The number of aryl methyl sites for hydroxylation is 1. The van der Waals surface area contributed by atoms with Crippen molar-refractivity contribution in [3.05, 3.63) is 35.1 Å². The molecule has 2 nitrogen and oxygen atoms in total. The van der Waals surface area contributed by atoms with E-state index in [1.165, 1.54) is 18.4 Å². The first-order valence-corrected chi connectivity index (χ1v) is 7.92. The molecule has 2 aliphatic rings. The second kappa shape index (κ2) is 6.23. The van der Waals surface area contributed by atoms with Crippen LogP contribution in [0.15, 0.2) is 18.2 Å². The van der Waals surface area contributed by atoms with E-state index < -0.39 is 0 Å². The summed E-state index contributed by atoms with van der Waals surface area (Å²) in [6.45, 7) is 0.942. The van der Waals surface area contributed by atoms with E-state index in [4.69, 9.17) is 0 Å². The van der Waals surface area contributed by atoms with Gasteiger partial charge in [0, 0.05) is 6.04 Å². The third-order valence-corrected chi connectivity index (χ3v) is 4.83. The Morgan fingerprint density at radius 2 is 2.10 bits per heavy atom. The van der Waals surface area contributed by atoms with Crippen LogP contribution in [0.3, 0.4) is 0 Å². The van der Waals surface area contributed by atoms with Crippen LogP contribution in [0.2, 0.25) is 0 Å². The zero-order valence-corrected chi connectivity index (χ0v) is 11.9. The highest BCUT2D eigenvalue weighted by Gasteiger charge is 2.24. The molecule has 0 amide bonds. The molecule has 1 saturated carbocycles. The van der Waals surface area contributed by atoms with E-state index in [0.29, 0.717) is 5.92 Å². The van der Waals surface area contributed by atoms with Crippen molar-refractivity contribution in [2.75, 3.05) is 6.54 Å². The molecule has 1 fully saturated rings. The summed E-state index contributed by atoms with van der Waals surface area (Å²) in [6, 6.07) is 5.48. The maximum atomic E-state index is 13.5. The van der Waals surface area contributed by atoms with Crippen LogP contribution in [0, 0.1) is 11.7 Å². The SMILES string of the molecule is OC1CCCC(CNC2CCCc3ccc(F)cc32)C1. The number of benzene rings is 1. The first-order chi connectivity index (χ1) is 9.72. The molecular formula is C17H24FNO. The molecule has 0 spiro atoms. The molecular weight excluding hydrogens is 253 g/mol. The van der Waals surface area contributed by atoms with E-state index in [9.17, 15) is 9.50 Å². The van der Waals surface area contributed by atoms with Gasteiger partial charge in [-0.25, -0.2) is 4.39 Å². The maximum Gasteiger partial charge on any atom is 0.123 e. The smallest absolute Gasteiger partial charge is 0.123 e. The molecule has 20 heavy (non-hydrogen) atoms. The fourth-order valence-electron chi connectivity index (χ4n) is 3.74. The summed E-state index contributed by atoms with van der Waals surface area (Å²) in [5, 5.41) is 13.4. The first kappa shape index (κ1) is 14.0. The summed E-state index contributed by atoms with van der Waals surface area (Å²) in [6.07, 6.45) is 7.40. The molecule has 0 bridgehead atoms. The van der Waals surface area contributed by atoms with E-state index >= 15 is 0 Å². The second-order valence-electron chi connectivity index (χ2n) is 6.38. The minimum atomic E-state index is -0.134. The van der Waals surface area contributed by atoms with E-state index in [-0.39, 0.29) is 18.0 Å². The van der Waals surface area contributed by atoms with Crippen LogP contribution in [-0.2, 0) is 6.42 Å². The number of fused-ring (bicyclic) bond motifs is 1. The molecule has 0 aromatic heterocycles. The number of aliphatic hydroxyl groups is 1. The predicted molar refractivity (Wildman–Crippen MR) is 78.0 cm³/mol. The highest BCUT2D eigenvalue weighted by atomic mass is 19.1. The Balaban J connectivity index is 1.62. The Labute approximate surface area is 120 Å².